The SMILES string of the molecule is Cc1ncc(-c2ccc3nc(NCC4CCN(CCOCC(=O)NC(C(=O)N5CCCC5C(=O)NCc5ccc(-c6scnc6C)cc5)C(C)(C)C)CC4)sc3c2)cc1NC(=O)OC1CCCCC1. The van der Waals surface area contributed by atoms with E-state index in [0.717, 1.165) is 118 Å². The Morgan fingerprint density at radius 2 is 1.62 bits per heavy atom. The minimum Gasteiger partial charge on any atom is -0.446 e. The fourth-order valence-electron chi connectivity index (χ4n) is 9.46. The van der Waals surface area contributed by atoms with Crippen LogP contribution >= 0.6 is 22.7 Å². The first kappa shape index (κ1) is 49.9. The van der Waals surface area contributed by atoms with Crippen molar-refractivity contribution in [1.29, 1.82) is 0 Å². The molecule has 2 aliphatic heterocycles. The van der Waals surface area contributed by atoms with Gasteiger partial charge in [0.2, 0.25) is 17.7 Å². The molecule has 3 aromatic heterocycles. The maximum Gasteiger partial charge on any atom is 0.411 e. The van der Waals surface area contributed by atoms with Crippen LogP contribution in [0.3, 0.4) is 0 Å². The summed E-state index contributed by atoms with van der Waals surface area (Å²) in [5, 5.41) is 13.4. The Morgan fingerprint density at radius 1 is 0.855 bits per heavy atom. The Morgan fingerprint density at radius 3 is 2.36 bits per heavy atom. The number of nitrogens with one attached hydrogen (secondary N) is 4. The van der Waals surface area contributed by atoms with Gasteiger partial charge in [-0.2, -0.15) is 0 Å². The zero-order valence-corrected chi connectivity index (χ0v) is 42.2. The molecule has 17 heteroatoms. The van der Waals surface area contributed by atoms with Crippen LogP contribution in [-0.2, 0) is 30.4 Å². The van der Waals surface area contributed by atoms with Gasteiger partial charge in [0.1, 0.15) is 24.8 Å². The van der Waals surface area contributed by atoms with E-state index in [4.69, 9.17) is 14.5 Å². The summed E-state index contributed by atoms with van der Waals surface area (Å²) >= 11 is 3.24. The number of piperidine rings is 1. The number of likely N-dealkylation sites (tertiary alicyclic amines) is 2. The fourth-order valence-corrected chi connectivity index (χ4v) is 11.2. The summed E-state index contributed by atoms with van der Waals surface area (Å²) < 4.78 is 12.6. The monoisotopic (exact) mass is 977 g/mol. The van der Waals surface area contributed by atoms with E-state index >= 15 is 0 Å². The molecule has 0 bridgehead atoms. The summed E-state index contributed by atoms with van der Waals surface area (Å²) in [4.78, 5) is 72.3. The van der Waals surface area contributed by atoms with Crippen molar-refractivity contribution < 1.29 is 28.7 Å². The number of carbonyl (C=O) groups excluding carboxylic acids is 4. The second-order valence-electron chi connectivity index (χ2n) is 19.8. The average molecular weight is 978 g/mol. The van der Waals surface area contributed by atoms with Crippen molar-refractivity contribution >= 4 is 67.5 Å². The maximum atomic E-state index is 14.0. The lowest BCUT2D eigenvalue weighted by Crippen LogP contribution is -2.58. The molecule has 1 aliphatic carbocycles. The van der Waals surface area contributed by atoms with E-state index < -0.39 is 23.6 Å². The van der Waals surface area contributed by atoms with E-state index in [9.17, 15) is 19.2 Å². The third-order valence-electron chi connectivity index (χ3n) is 13.6. The molecular weight excluding hydrogens is 911 g/mol. The molecule has 2 unspecified atom stereocenters. The number of hydrogen-bond acceptors (Lipinski definition) is 13. The molecule has 5 aromatic rings. The van der Waals surface area contributed by atoms with E-state index in [1.54, 1.807) is 27.6 Å². The van der Waals surface area contributed by atoms with E-state index in [-0.39, 0.29) is 30.4 Å². The van der Waals surface area contributed by atoms with Gasteiger partial charge < -0.3 is 35.2 Å². The Hall–Kier alpha value is -5.49. The van der Waals surface area contributed by atoms with Gasteiger partial charge in [-0.15, -0.1) is 11.3 Å². The molecule has 4 amide bonds. The number of carbonyl (C=O) groups is 4. The predicted octanol–water partition coefficient (Wildman–Crippen LogP) is 8.96. The zero-order chi connectivity index (χ0) is 48.5. The number of aryl methyl sites for hydroxylation is 2. The number of aromatic nitrogens is 3. The summed E-state index contributed by atoms with van der Waals surface area (Å²) in [6.45, 7) is 14.2. The molecule has 69 heavy (non-hydrogen) atoms. The van der Waals surface area contributed by atoms with Gasteiger partial charge in [-0.1, -0.05) is 68.9 Å². The highest BCUT2D eigenvalue weighted by molar-refractivity contribution is 7.22. The van der Waals surface area contributed by atoms with Gasteiger partial charge in [-0.3, -0.25) is 24.7 Å². The number of benzene rings is 2. The number of thiazole rings is 2. The number of rotatable bonds is 17. The van der Waals surface area contributed by atoms with Crippen molar-refractivity contribution in [3.63, 3.8) is 0 Å². The second kappa shape index (κ2) is 23.0. The number of pyridine rings is 1. The van der Waals surface area contributed by atoms with Crippen molar-refractivity contribution in [2.24, 2.45) is 11.3 Å². The molecule has 3 fully saturated rings. The lowest BCUT2D eigenvalue weighted by molar-refractivity contribution is -0.144. The highest BCUT2D eigenvalue weighted by Crippen LogP contribution is 2.33. The molecule has 4 N–H and O–H groups in total. The van der Waals surface area contributed by atoms with Crippen molar-refractivity contribution in [3.8, 4) is 21.6 Å². The lowest BCUT2D eigenvalue weighted by atomic mass is 9.85. The van der Waals surface area contributed by atoms with E-state index in [0.29, 0.717) is 44.3 Å². The molecule has 5 heterocycles. The first-order valence-electron chi connectivity index (χ1n) is 24.5. The van der Waals surface area contributed by atoms with Gasteiger partial charge in [0.15, 0.2) is 5.13 Å². The summed E-state index contributed by atoms with van der Waals surface area (Å²) in [6.07, 6.45) is 9.99. The summed E-state index contributed by atoms with van der Waals surface area (Å²) in [7, 11) is 0. The first-order valence-corrected chi connectivity index (χ1v) is 26.2. The molecule has 368 valence electrons. The zero-order valence-electron chi connectivity index (χ0n) is 40.6. The van der Waals surface area contributed by atoms with Crippen molar-refractivity contribution in [2.45, 2.75) is 117 Å². The molecule has 1 saturated carbocycles. The minimum atomic E-state index is -0.810. The van der Waals surface area contributed by atoms with Crippen molar-refractivity contribution in [2.75, 3.05) is 56.6 Å². The lowest BCUT2D eigenvalue weighted by Gasteiger charge is -2.35. The van der Waals surface area contributed by atoms with Gasteiger partial charge in [-0.05, 0) is 125 Å². The quantitative estimate of drug-likeness (QED) is 0.0654. The van der Waals surface area contributed by atoms with Gasteiger partial charge in [-0.25, -0.2) is 14.8 Å². The molecular formula is C52H67N9O6S2. The number of fused-ring (bicyclic) bond motifs is 1. The summed E-state index contributed by atoms with van der Waals surface area (Å²) in [6, 6.07) is 14.8. The number of hydrogen-bond donors (Lipinski definition) is 4. The molecule has 2 aromatic carbocycles. The van der Waals surface area contributed by atoms with Crippen LogP contribution in [0.4, 0.5) is 15.6 Å². The van der Waals surface area contributed by atoms with Crippen LogP contribution < -0.4 is 21.3 Å². The number of nitrogens with zero attached hydrogens (tertiary/aromatic N) is 5. The van der Waals surface area contributed by atoms with Crippen molar-refractivity contribution in [1.82, 2.24) is 35.4 Å². The third-order valence-corrected chi connectivity index (χ3v) is 15.5. The van der Waals surface area contributed by atoms with Gasteiger partial charge in [0.25, 0.3) is 0 Å². The van der Waals surface area contributed by atoms with Gasteiger partial charge in [0, 0.05) is 37.9 Å². The van der Waals surface area contributed by atoms with Crippen LogP contribution in [0.5, 0.6) is 0 Å². The largest absolute Gasteiger partial charge is 0.446 e. The Bertz CT molecular complexity index is 2560. The molecule has 15 nitrogen and oxygen atoms in total. The molecule has 2 atom stereocenters. The topological polar surface area (TPSA) is 180 Å². The molecule has 3 aliphatic rings. The van der Waals surface area contributed by atoms with Gasteiger partial charge >= 0.3 is 6.09 Å². The van der Waals surface area contributed by atoms with Crippen LogP contribution in [0.15, 0.2) is 60.2 Å². The summed E-state index contributed by atoms with van der Waals surface area (Å²) in [5.41, 5.74) is 8.54. The second-order valence-corrected chi connectivity index (χ2v) is 21.7. The number of amides is 4. The van der Waals surface area contributed by atoms with Gasteiger partial charge in [0.05, 0.1) is 44.3 Å². The minimum absolute atomic E-state index is 0.0190. The molecule has 2 saturated heterocycles. The van der Waals surface area contributed by atoms with Crippen LogP contribution in [0.2, 0.25) is 0 Å². The highest BCUT2D eigenvalue weighted by atomic mass is 32.1. The standard InChI is InChI=1S/C52H67N9O6S2/c1-33-42(58-51(65)67-40-10-7-6-8-11-40)26-39(30-53-33)38-17-18-41-44(27-38)69-50(57-41)55-29-36-19-22-60(23-20-36)24-25-66-31-45(62)59-47(52(3,4)5)49(64)61-21-9-12-43(61)48(63)54-28-35-13-15-37(16-14-35)46-34(2)56-32-68-46/h13-18,26-27,30,32,36,40,43,47H,6-12,19-25,28-29,31H2,1-5H3,(H,54,63)(H,55,57)(H,58,65)(H,59,62). The fraction of sp³-hybridized carbons (Fsp3) is 0.519. The third kappa shape index (κ3) is 13.2. The molecule has 0 spiro atoms. The van der Waals surface area contributed by atoms with E-state index in [1.807, 2.05) is 88.8 Å². The predicted molar refractivity (Wildman–Crippen MR) is 273 cm³/mol. The Kier molecular flexibility index (Phi) is 16.6. The normalized spacial score (nSPS) is 17.7. The first-order chi connectivity index (χ1) is 33.3. The van der Waals surface area contributed by atoms with E-state index in [2.05, 4.69) is 42.2 Å². The van der Waals surface area contributed by atoms with Crippen molar-refractivity contribution in [3.05, 3.63) is 77.2 Å². The molecule has 0 radical (unpaired) electrons. The average Bonchev–Trinajstić information content (AvgIpc) is 4.12. The molecule has 8 rings (SSSR count). The summed E-state index contributed by atoms with van der Waals surface area (Å²) in [5.74, 6) is -0.277. The highest BCUT2D eigenvalue weighted by Gasteiger charge is 2.42. The van der Waals surface area contributed by atoms with Crippen LogP contribution in [-0.4, -0.2) is 113 Å². The van der Waals surface area contributed by atoms with Crippen LogP contribution in [0, 0.1) is 25.2 Å². The Labute approximate surface area is 413 Å². The van der Waals surface area contributed by atoms with E-state index in [1.165, 1.54) is 6.42 Å². The van der Waals surface area contributed by atoms with Crippen LogP contribution in [0.25, 0.3) is 31.8 Å². The maximum absolute atomic E-state index is 14.0. The number of ether oxygens (including phenoxy) is 2. The smallest absolute Gasteiger partial charge is 0.411 e. The Balaban J connectivity index is 0.736. The van der Waals surface area contributed by atoms with Crippen LogP contribution in [0.1, 0.15) is 95.5 Å². The number of anilines is 2.